The van der Waals surface area contributed by atoms with E-state index in [1.165, 1.54) is 10.6 Å². The Balaban J connectivity index is 0.00000196. The largest absolute Gasteiger partial charge is 1.00 e. The van der Waals surface area contributed by atoms with E-state index in [0.717, 1.165) is 5.69 Å². The topological polar surface area (TPSA) is 33.5 Å². The molecule has 0 radical (unpaired) electrons. The first-order valence-corrected chi connectivity index (χ1v) is 4.93. The SMILES string of the molecule is C[NH+](C)c1ccc(NC(=O)CCl)cc1.[Cl-]. The molecular weight excluding hydrogens is 235 g/mol. The number of benzene rings is 1. The number of amides is 1. The second-order valence-corrected chi connectivity index (χ2v) is 3.53. The number of quaternary nitrogens is 1. The minimum Gasteiger partial charge on any atom is -1.00 e. The van der Waals surface area contributed by atoms with Crippen molar-refractivity contribution in [2.45, 2.75) is 0 Å². The van der Waals surface area contributed by atoms with Gasteiger partial charge in [-0.1, -0.05) is 0 Å². The monoisotopic (exact) mass is 248 g/mol. The van der Waals surface area contributed by atoms with E-state index in [4.69, 9.17) is 11.6 Å². The number of hydrogen-bond donors (Lipinski definition) is 2. The number of anilines is 1. The molecule has 0 atom stereocenters. The van der Waals surface area contributed by atoms with E-state index in [0.29, 0.717) is 0 Å². The molecular formula is C10H14Cl2N2O. The van der Waals surface area contributed by atoms with E-state index in [1.807, 2.05) is 38.4 Å². The third-order valence-corrected chi connectivity index (χ3v) is 2.11. The Morgan fingerprint density at radius 1 is 1.33 bits per heavy atom. The van der Waals surface area contributed by atoms with Gasteiger partial charge in [-0.25, -0.2) is 0 Å². The lowest BCUT2D eigenvalue weighted by atomic mass is 10.2. The van der Waals surface area contributed by atoms with Crippen LogP contribution in [0.5, 0.6) is 0 Å². The van der Waals surface area contributed by atoms with Gasteiger partial charge in [0.25, 0.3) is 0 Å². The van der Waals surface area contributed by atoms with E-state index in [1.54, 1.807) is 0 Å². The van der Waals surface area contributed by atoms with Crippen molar-refractivity contribution in [2.75, 3.05) is 25.3 Å². The molecule has 2 N–H and O–H groups in total. The molecule has 1 aromatic rings. The lowest BCUT2D eigenvalue weighted by Crippen LogP contribution is -3.00. The number of nitrogens with one attached hydrogen (secondary N) is 2. The van der Waals surface area contributed by atoms with Crippen LogP contribution in [-0.2, 0) is 4.79 Å². The summed E-state index contributed by atoms with van der Waals surface area (Å²) in [6.07, 6.45) is 0. The van der Waals surface area contributed by atoms with Gasteiger partial charge in [0.15, 0.2) is 0 Å². The van der Waals surface area contributed by atoms with Gasteiger partial charge in [-0.3, -0.25) is 4.79 Å². The predicted molar refractivity (Wildman–Crippen MR) is 58.3 cm³/mol. The van der Waals surface area contributed by atoms with Crippen LogP contribution in [-0.4, -0.2) is 25.9 Å². The van der Waals surface area contributed by atoms with Crippen molar-refractivity contribution in [1.29, 1.82) is 0 Å². The molecule has 15 heavy (non-hydrogen) atoms. The Kier molecular flexibility index (Phi) is 6.32. The minimum absolute atomic E-state index is 0. The Morgan fingerprint density at radius 2 is 1.87 bits per heavy atom. The fraction of sp³-hybridized carbons (Fsp3) is 0.300. The summed E-state index contributed by atoms with van der Waals surface area (Å²) in [4.78, 5) is 12.2. The van der Waals surface area contributed by atoms with Crippen LogP contribution in [0.15, 0.2) is 24.3 Å². The molecule has 84 valence electrons. The first-order valence-electron chi connectivity index (χ1n) is 4.40. The molecule has 0 bridgehead atoms. The van der Waals surface area contributed by atoms with Crippen molar-refractivity contribution in [2.24, 2.45) is 0 Å². The van der Waals surface area contributed by atoms with Gasteiger partial charge < -0.3 is 22.6 Å². The predicted octanol–water partition coefficient (Wildman–Crippen LogP) is -2.36. The summed E-state index contributed by atoms with van der Waals surface area (Å²) in [5, 5.41) is 2.68. The maximum absolute atomic E-state index is 11.0. The zero-order chi connectivity index (χ0) is 10.6. The molecule has 0 aliphatic carbocycles. The van der Waals surface area contributed by atoms with E-state index in [-0.39, 0.29) is 24.2 Å². The number of hydrogen-bond acceptors (Lipinski definition) is 1. The van der Waals surface area contributed by atoms with Crippen LogP contribution in [0.25, 0.3) is 0 Å². The number of alkyl halides is 1. The lowest BCUT2D eigenvalue weighted by molar-refractivity contribution is -0.786. The van der Waals surface area contributed by atoms with Crippen LogP contribution in [0.4, 0.5) is 11.4 Å². The summed E-state index contributed by atoms with van der Waals surface area (Å²) in [7, 11) is 4.10. The molecule has 5 heteroatoms. The van der Waals surface area contributed by atoms with Crippen LogP contribution in [0.3, 0.4) is 0 Å². The summed E-state index contributed by atoms with van der Waals surface area (Å²) in [6, 6.07) is 7.68. The Bertz CT molecular complexity index is 312. The van der Waals surface area contributed by atoms with Gasteiger partial charge in [0.2, 0.25) is 5.91 Å². The van der Waals surface area contributed by atoms with Gasteiger partial charge in [-0.15, -0.1) is 11.6 Å². The lowest BCUT2D eigenvalue weighted by Gasteiger charge is -2.07. The summed E-state index contributed by atoms with van der Waals surface area (Å²) in [5.41, 5.74) is 1.95. The van der Waals surface area contributed by atoms with Gasteiger partial charge in [0.1, 0.15) is 11.6 Å². The summed E-state index contributed by atoms with van der Waals surface area (Å²) in [6.45, 7) is 0. The average molecular weight is 249 g/mol. The van der Waals surface area contributed by atoms with Crippen LogP contribution in [0.1, 0.15) is 0 Å². The van der Waals surface area contributed by atoms with Crippen molar-refractivity contribution < 1.29 is 22.1 Å². The minimum atomic E-state index is -0.184. The van der Waals surface area contributed by atoms with Gasteiger partial charge in [0.05, 0.1) is 14.1 Å². The number of carbonyl (C=O) groups excluding carboxylic acids is 1. The summed E-state index contributed by atoms with van der Waals surface area (Å²) in [5.74, 6) is -0.197. The molecule has 0 aromatic heterocycles. The second-order valence-electron chi connectivity index (χ2n) is 3.26. The Hall–Kier alpha value is -0.770. The number of rotatable bonds is 3. The highest BCUT2D eigenvalue weighted by molar-refractivity contribution is 6.29. The maximum Gasteiger partial charge on any atom is 0.239 e. The second kappa shape index (κ2) is 6.67. The van der Waals surface area contributed by atoms with Crippen molar-refractivity contribution >= 4 is 28.9 Å². The molecule has 1 aromatic carbocycles. The van der Waals surface area contributed by atoms with Crippen molar-refractivity contribution in [1.82, 2.24) is 0 Å². The molecule has 1 rings (SSSR count). The number of halogens is 2. The van der Waals surface area contributed by atoms with Crippen molar-refractivity contribution in [3.8, 4) is 0 Å². The highest BCUT2D eigenvalue weighted by Gasteiger charge is 2.02. The molecule has 3 nitrogen and oxygen atoms in total. The molecule has 0 fully saturated rings. The molecule has 0 aliphatic rings. The van der Waals surface area contributed by atoms with Crippen LogP contribution < -0.4 is 22.6 Å². The van der Waals surface area contributed by atoms with Gasteiger partial charge in [0, 0.05) is 17.8 Å². The van der Waals surface area contributed by atoms with Crippen LogP contribution >= 0.6 is 11.6 Å². The van der Waals surface area contributed by atoms with Crippen molar-refractivity contribution in [3.05, 3.63) is 24.3 Å². The first kappa shape index (κ1) is 14.2. The molecule has 0 unspecified atom stereocenters. The van der Waals surface area contributed by atoms with Gasteiger partial charge in [-0.2, -0.15) is 0 Å². The molecule has 1 amide bonds. The van der Waals surface area contributed by atoms with Crippen LogP contribution in [0.2, 0.25) is 0 Å². The molecule has 0 saturated carbocycles. The fourth-order valence-electron chi connectivity index (χ4n) is 1.08. The van der Waals surface area contributed by atoms with E-state index < -0.39 is 0 Å². The zero-order valence-corrected chi connectivity index (χ0v) is 10.2. The van der Waals surface area contributed by atoms with Gasteiger partial charge in [-0.05, 0) is 12.1 Å². The quantitative estimate of drug-likeness (QED) is 0.578. The van der Waals surface area contributed by atoms with Crippen LogP contribution in [0, 0.1) is 0 Å². The first-order chi connectivity index (χ1) is 6.63. The Morgan fingerprint density at radius 3 is 2.27 bits per heavy atom. The summed E-state index contributed by atoms with van der Waals surface area (Å²) < 4.78 is 0. The van der Waals surface area contributed by atoms with Crippen molar-refractivity contribution in [3.63, 3.8) is 0 Å². The Labute approximate surface area is 101 Å². The normalized spacial score (nSPS) is 9.60. The fourth-order valence-corrected chi connectivity index (χ4v) is 1.15. The van der Waals surface area contributed by atoms with Gasteiger partial charge >= 0.3 is 0 Å². The average Bonchev–Trinajstić information content (AvgIpc) is 2.18. The number of carbonyl (C=O) groups is 1. The van der Waals surface area contributed by atoms with E-state index in [9.17, 15) is 4.79 Å². The molecule has 0 spiro atoms. The zero-order valence-electron chi connectivity index (χ0n) is 8.68. The van der Waals surface area contributed by atoms with E-state index in [2.05, 4.69) is 5.32 Å². The third kappa shape index (κ3) is 4.51. The summed E-state index contributed by atoms with van der Waals surface area (Å²) >= 11 is 5.37. The highest BCUT2D eigenvalue weighted by Crippen LogP contribution is 2.09. The molecule has 0 saturated heterocycles. The standard InChI is InChI=1S/C10H13ClN2O.ClH/c1-13(2)9-5-3-8(4-6-9)12-10(14)7-11;/h3-6H,7H2,1-2H3,(H,12,14);1H. The molecule has 0 heterocycles. The highest BCUT2D eigenvalue weighted by atomic mass is 35.5. The smallest absolute Gasteiger partial charge is 0.239 e. The maximum atomic E-state index is 11.0. The molecule has 0 aliphatic heterocycles. The third-order valence-electron chi connectivity index (χ3n) is 1.87. The van der Waals surface area contributed by atoms with E-state index >= 15 is 0 Å².